The maximum Gasteiger partial charge on any atom is 0.0700 e. The van der Waals surface area contributed by atoms with Crippen LogP contribution < -0.4 is 0 Å². The molecule has 0 radical (unpaired) electrons. The Hall–Kier alpha value is -0.530. The van der Waals surface area contributed by atoms with Crippen molar-refractivity contribution in [3.63, 3.8) is 0 Å². The summed E-state index contributed by atoms with van der Waals surface area (Å²) in [6, 6.07) is 3.76. The number of halogens is 2. The summed E-state index contributed by atoms with van der Waals surface area (Å²) in [5.74, 6) is 0. The van der Waals surface area contributed by atoms with Gasteiger partial charge in [-0.1, -0.05) is 36.5 Å². The summed E-state index contributed by atoms with van der Waals surface area (Å²) in [6.45, 7) is 2.26. The second kappa shape index (κ2) is 3.48. The number of hydrogen-bond donors (Lipinski definition) is 0. The van der Waals surface area contributed by atoms with Gasteiger partial charge in [0.05, 0.1) is 5.69 Å². The van der Waals surface area contributed by atoms with E-state index in [1.54, 1.807) is 0 Å². The molecule has 1 fully saturated rings. The molecule has 1 aromatic rings. The maximum absolute atomic E-state index is 6.33. The molecule has 1 heterocycles. The van der Waals surface area contributed by atoms with Gasteiger partial charge in [-0.2, -0.15) is 0 Å². The predicted molar refractivity (Wildman–Crippen MR) is 69.4 cm³/mol. The third-order valence-electron chi connectivity index (χ3n) is 3.82. The molecular formula is C13H13Cl2N. The van der Waals surface area contributed by atoms with Gasteiger partial charge in [0.1, 0.15) is 0 Å². The fraction of sp³-hybridized carbons (Fsp3) is 0.462. The van der Waals surface area contributed by atoms with Crippen LogP contribution in [0.1, 0.15) is 38.2 Å². The van der Waals surface area contributed by atoms with Gasteiger partial charge in [-0.05, 0) is 31.4 Å². The summed E-state index contributed by atoms with van der Waals surface area (Å²) in [6.07, 6.45) is 4.75. The highest BCUT2D eigenvalue weighted by molar-refractivity contribution is 6.36. The number of benzene rings is 1. The van der Waals surface area contributed by atoms with Crippen LogP contribution in [0, 0.1) is 0 Å². The molecular weight excluding hydrogens is 241 g/mol. The molecule has 1 saturated carbocycles. The number of hydrogen-bond acceptors (Lipinski definition) is 1. The Morgan fingerprint density at radius 1 is 1.25 bits per heavy atom. The van der Waals surface area contributed by atoms with Crippen molar-refractivity contribution in [2.45, 2.75) is 38.0 Å². The van der Waals surface area contributed by atoms with Gasteiger partial charge in [0.25, 0.3) is 0 Å². The zero-order chi connectivity index (χ0) is 11.3. The van der Waals surface area contributed by atoms with Crippen LogP contribution in [0.3, 0.4) is 0 Å². The third-order valence-corrected chi connectivity index (χ3v) is 4.33. The van der Waals surface area contributed by atoms with Crippen LogP contribution in [-0.2, 0) is 5.41 Å². The maximum atomic E-state index is 6.33. The highest BCUT2D eigenvalue weighted by Crippen LogP contribution is 2.50. The van der Waals surface area contributed by atoms with Crippen molar-refractivity contribution in [2.75, 3.05) is 0 Å². The lowest BCUT2D eigenvalue weighted by atomic mass is 9.71. The van der Waals surface area contributed by atoms with Crippen LogP contribution in [0.4, 0.5) is 5.69 Å². The second-order valence-electron chi connectivity index (χ2n) is 4.88. The smallest absolute Gasteiger partial charge is 0.0700 e. The SMILES string of the molecule is CC12CCCCC1=Nc1cc(Cl)cc(Cl)c12. The van der Waals surface area contributed by atoms with Crippen molar-refractivity contribution < 1.29 is 0 Å². The largest absolute Gasteiger partial charge is 0.256 e. The molecule has 0 bridgehead atoms. The Bertz CT molecular complexity index is 493. The summed E-state index contributed by atoms with van der Waals surface area (Å²) in [7, 11) is 0. The fourth-order valence-electron chi connectivity index (χ4n) is 2.98. The van der Waals surface area contributed by atoms with Gasteiger partial charge < -0.3 is 0 Å². The first-order valence-electron chi connectivity index (χ1n) is 5.69. The van der Waals surface area contributed by atoms with Crippen molar-refractivity contribution in [1.29, 1.82) is 0 Å². The zero-order valence-corrected chi connectivity index (χ0v) is 10.7. The van der Waals surface area contributed by atoms with E-state index in [0.717, 1.165) is 23.6 Å². The Morgan fingerprint density at radius 2 is 2.06 bits per heavy atom. The van der Waals surface area contributed by atoms with E-state index < -0.39 is 0 Å². The molecule has 2 aliphatic rings. The van der Waals surface area contributed by atoms with E-state index in [2.05, 4.69) is 6.92 Å². The average Bonchev–Trinajstić information content (AvgIpc) is 2.49. The van der Waals surface area contributed by atoms with Crippen molar-refractivity contribution in [1.82, 2.24) is 0 Å². The van der Waals surface area contributed by atoms with E-state index >= 15 is 0 Å². The van der Waals surface area contributed by atoms with Crippen LogP contribution in [0.15, 0.2) is 17.1 Å². The van der Waals surface area contributed by atoms with Gasteiger partial charge in [-0.25, -0.2) is 0 Å². The lowest BCUT2D eigenvalue weighted by Gasteiger charge is -2.32. The van der Waals surface area contributed by atoms with E-state index in [9.17, 15) is 0 Å². The molecule has 0 aromatic heterocycles. The minimum atomic E-state index is 0.0647. The van der Waals surface area contributed by atoms with Crippen molar-refractivity contribution >= 4 is 34.6 Å². The Morgan fingerprint density at radius 3 is 2.88 bits per heavy atom. The predicted octanol–water partition coefficient (Wildman–Crippen LogP) is 4.91. The fourth-order valence-corrected chi connectivity index (χ4v) is 3.67. The van der Waals surface area contributed by atoms with Crippen molar-refractivity contribution in [3.8, 4) is 0 Å². The molecule has 1 aliphatic carbocycles. The Kier molecular flexibility index (Phi) is 2.31. The van der Waals surface area contributed by atoms with E-state index in [4.69, 9.17) is 28.2 Å². The summed E-state index contributed by atoms with van der Waals surface area (Å²) >= 11 is 12.3. The third kappa shape index (κ3) is 1.34. The molecule has 0 N–H and O–H groups in total. The molecule has 3 rings (SSSR count). The molecule has 84 valence electrons. The molecule has 1 aliphatic heterocycles. The van der Waals surface area contributed by atoms with Crippen LogP contribution in [0.2, 0.25) is 10.0 Å². The van der Waals surface area contributed by atoms with Crippen LogP contribution in [0.25, 0.3) is 0 Å². The minimum absolute atomic E-state index is 0.0647. The van der Waals surface area contributed by atoms with Gasteiger partial charge >= 0.3 is 0 Å². The number of fused-ring (bicyclic) bond motifs is 3. The number of aliphatic imine (C=N–C) groups is 1. The first-order chi connectivity index (χ1) is 7.61. The highest BCUT2D eigenvalue weighted by atomic mass is 35.5. The first-order valence-corrected chi connectivity index (χ1v) is 6.44. The van der Waals surface area contributed by atoms with Crippen LogP contribution >= 0.6 is 23.2 Å². The second-order valence-corrected chi connectivity index (χ2v) is 5.72. The number of nitrogens with zero attached hydrogens (tertiary/aromatic N) is 1. The average molecular weight is 254 g/mol. The van der Waals surface area contributed by atoms with Crippen molar-refractivity contribution in [3.05, 3.63) is 27.7 Å². The molecule has 16 heavy (non-hydrogen) atoms. The van der Waals surface area contributed by atoms with E-state index in [1.165, 1.54) is 24.1 Å². The van der Waals surface area contributed by atoms with E-state index in [1.807, 2.05) is 12.1 Å². The normalized spacial score (nSPS) is 27.3. The Labute approximate surface area is 105 Å². The van der Waals surface area contributed by atoms with Gasteiger partial charge in [0.2, 0.25) is 0 Å². The molecule has 1 atom stereocenters. The molecule has 0 spiro atoms. The minimum Gasteiger partial charge on any atom is -0.256 e. The Balaban J connectivity index is 2.23. The molecule has 1 aromatic carbocycles. The zero-order valence-electron chi connectivity index (χ0n) is 9.19. The topological polar surface area (TPSA) is 12.4 Å². The molecule has 1 unspecified atom stereocenters. The van der Waals surface area contributed by atoms with E-state index in [-0.39, 0.29) is 5.41 Å². The van der Waals surface area contributed by atoms with Gasteiger partial charge in [0.15, 0.2) is 0 Å². The van der Waals surface area contributed by atoms with Gasteiger partial charge in [-0.15, -0.1) is 0 Å². The summed E-state index contributed by atoms with van der Waals surface area (Å²) in [5, 5.41) is 1.45. The summed E-state index contributed by atoms with van der Waals surface area (Å²) in [5.41, 5.74) is 3.53. The van der Waals surface area contributed by atoms with Gasteiger partial charge in [-0.3, -0.25) is 4.99 Å². The molecule has 0 saturated heterocycles. The lowest BCUT2D eigenvalue weighted by molar-refractivity contribution is 0.498. The summed E-state index contributed by atoms with van der Waals surface area (Å²) < 4.78 is 0. The monoisotopic (exact) mass is 253 g/mol. The molecule has 0 amide bonds. The van der Waals surface area contributed by atoms with Crippen LogP contribution in [0.5, 0.6) is 0 Å². The summed E-state index contributed by atoms with van der Waals surface area (Å²) in [4.78, 5) is 4.71. The lowest BCUT2D eigenvalue weighted by Crippen LogP contribution is -2.32. The highest BCUT2D eigenvalue weighted by Gasteiger charge is 2.42. The molecule has 1 nitrogen and oxygen atoms in total. The molecule has 3 heteroatoms. The standard InChI is InChI=1S/C13H13Cl2N/c1-13-5-3-2-4-11(13)16-10-7-8(14)6-9(15)12(10)13/h6-7H,2-5H2,1H3. The van der Waals surface area contributed by atoms with Crippen LogP contribution in [-0.4, -0.2) is 5.71 Å². The van der Waals surface area contributed by atoms with E-state index in [0.29, 0.717) is 5.02 Å². The van der Waals surface area contributed by atoms with Crippen molar-refractivity contribution in [2.24, 2.45) is 4.99 Å². The number of rotatable bonds is 0. The first kappa shape index (κ1) is 10.6. The quantitative estimate of drug-likeness (QED) is 0.623. The van der Waals surface area contributed by atoms with Gasteiger partial charge in [0, 0.05) is 26.7 Å².